The third-order valence-electron chi connectivity index (χ3n) is 5.36. The van der Waals surface area contributed by atoms with Crippen LogP contribution in [0.3, 0.4) is 0 Å². The zero-order chi connectivity index (χ0) is 19.0. The minimum atomic E-state index is -0.405. The molecule has 1 fully saturated rings. The molecule has 2 aromatic carbocycles. The normalized spacial score (nSPS) is 17.3. The Hall–Kier alpha value is -3.22. The molecule has 7 heteroatoms. The van der Waals surface area contributed by atoms with Gasteiger partial charge in [-0.1, -0.05) is 12.1 Å². The third kappa shape index (κ3) is 3.16. The van der Waals surface area contributed by atoms with Gasteiger partial charge in [0.05, 0.1) is 16.1 Å². The van der Waals surface area contributed by atoms with Crippen LogP contribution in [0.1, 0.15) is 33.6 Å². The Balaban J connectivity index is 1.37. The summed E-state index contributed by atoms with van der Waals surface area (Å²) in [5.74, 6) is -0.136. The van der Waals surface area contributed by atoms with Crippen LogP contribution in [0, 0.1) is 16.0 Å². The first-order chi connectivity index (χ1) is 13.0. The van der Waals surface area contributed by atoms with E-state index >= 15 is 0 Å². The first-order valence-corrected chi connectivity index (χ1v) is 8.99. The Morgan fingerprint density at radius 3 is 2.00 bits per heavy atom. The molecule has 2 amide bonds. The number of hydrogen-bond acceptors (Lipinski definition) is 5. The lowest BCUT2D eigenvalue weighted by Gasteiger charge is -2.34. The summed E-state index contributed by atoms with van der Waals surface area (Å²) >= 11 is 0. The van der Waals surface area contributed by atoms with Crippen LogP contribution in [-0.2, 0) is 0 Å². The Morgan fingerprint density at radius 1 is 0.926 bits per heavy atom. The maximum absolute atomic E-state index is 12.5. The van der Waals surface area contributed by atoms with E-state index in [1.165, 1.54) is 17.0 Å². The Kier molecular flexibility index (Phi) is 4.35. The van der Waals surface area contributed by atoms with Gasteiger partial charge < -0.3 is 4.90 Å². The molecule has 0 aliphatic carbocycles. The van der Waals surface area contributed by atoms with Gasteiger partial charge in [-0.25, -0.2) is 0 Å². The van der Waals surface area contributed by atoms with E-state index in [1.807, 2.05) is 0 Å². The molecular weight excluding hydrogens is 346 g/mol. The fourth-order valence-electron chi connectivity index (χ4n) is 3.82. The average molecular weight is 365 g/mol. The summed E-state index contributed by atoms with van der Waals surface area (Å²) in [6.45, 7) is 2.04. The molecule has 0 radical (unpaired) electrons. The summed E-state index contributed by atoms with van der Waals surface area (Å²) in [6.07, 6.45) is 1.73. The molecule has 0 atom stereocenters. The lowest BCUT2D eigenvalue weighted by atomic mass is 9.95. The molecule has 0 unspecified atom stereocenters. The maximum atomic E-state index is 12.5. The molecule has 0 N–H and O–H groups in total. The molecule has 0 aromatic heterocycles. The Bertz CT molecular complexity index is 867. The number of fused-ring (bicyclic) bond motifs is 1. The van der Waals surface area contributed by atoms with Gasteiger partial charge in [-0.3, -0.25) is 24.6 Å². The number of rotatable bonds is 4. The van der Waals surface area contributed by atoms with Crippen molar-refractivity contribution in [3.63, 3.8) is 0 Å². The highest BCUT2D eigenvalue weighted by Crippen LogP contribution is 2.28. The van der Waals surface area contributed by atoms with Crippen molar-refractivity contribution in [3.8, 4) is 0 Å². The molecule has 4 rings (SSSR count). The SMILES string of the molecule is O=C1c2ccccc2C(=O)N1CC1CCN(c2ccc([N+](=O)[O-])cc2)CC1. The third-order valence-corrected chi connectivity index (χ3v) is 5.36. The smallest absolute Gasteiger partial charge is 0.269 e. The number of carbonyl (C=O) groups excluding carboxylic acids is 2. The minimum Gasteiger partial charge on any atom is -0.372 e. The van der Waals surface area contributed by atoms with Crippen LogP contribution < -0.4 is 4.90 Å². The molecule has 2 aliphatic heterocycles. The first-order valence-electron chi connectivity index (χ1n) is 8.99. The average Bonchev–Trinajstić information content (AvgIpc) is 2.94. The molecule has 0 bridgehead atoms. The van der Waals surface area contributed by atoms with Gasteiger partial charge in [0.25, 0.3) is 17.5 Å². The van der Waals surface area contributed by atoms with E-state index in [0.717, 1.165) is 31.6 Å². The number of amides is 2. The van der Waals surface area contributed by atoms with Gasteiger partial charge in [0.1, 0.15) is 0 Å². The number of carbonyl (C=O) groups is 2. The van der Waals surface area contributed by atoms with Crippen LogP contribution in [0.25, 0.3) is 0 Å². The number of piperidine rings is 1. The van der Waals surface area contributed by atoms with Gasteiger partial charge in [-0.15, -0.1) is 0 Å². The molecule has 2 heterocycles. The second-order valence-electron chi connectivity index (χ2n) is 6.97. The summed E-state index contributed by atoms with van der Waals surface area (Å²) in [7, 11) is 0. The van der Waals surface area contributed by atoms with Gasteiger partial charge in [0, 0.05) is 37.5 Å². The second-order valence-corrected chi connectivity index (χ2v) is 6.97. The number of anilines is 1. The zero-order valence-electron chi connectivity index (χ0n) is 14.7. The van der Waals surface area contributed by atoms with Crippen molar-refractivity contribution in [1.29, 1.82) is 0 Å². The van der Waals surface area contributed by atoms with E-state index in [1.54, 1.807) is 36.4 Å². The minimum absolute atomic E-state index is 0.0826. The number of nitro benzene ring substituents is 1. The number of benzene rings is 2. The van der Waals surface area contributed by atoms with E-state index in [2.05, 4.69) is 4.90 Å². The van der Waals surface area contributed by atoms with E-state index in [0.29, 0.717) is 17.7 Å². The van der Waals surface area contributed by atoms with Crippen molar-refractivity contribution in [3.05, 3.63) is 69.8 Å². The number of imide groups is 1. The summed E-state index contributed by atoms with van der Waals surface area (Å²) in [5.41, 5.74) is 2.02. The highest BCUT2D eigenvalue weighted by Gasteiger charge is 2.36. The van der Waals surface area contributed by atoms with Crippen LogP contribution in [0.5, 0.6) is 0 Å². The summed E-state index contributed by atoms with van der Waals surface area (Å²) < 4.78 is 0. The summed E-state index contributed by atoms with van der Waals surface area (Å²) in [4.78, 5) is 38.9. The Labute approximate surface area is 156 Å². The first kappa shape index (κ1) is 17.2. The van der Waals surface area contributed by atoms with Gasteiger partial charge in [-0.2, -0.15) is 0 Å². The van der Waals surface area contributed by atoms with E-state index < -0.39 is 4.92 Å². The van der Waals surface area contributed by atoms with Crippen molar-refractivity contribution < 1.29 is 14.5 Å². The van der Waals surface area contributed by atoms with Crippen molar-refractivity contribution in [2.24, 2.45) is 5.92 Å². The van der Waals surface area contributed by atoms with Crippen molar-refractivity contribution in [2.75, 3.05) is 24.5 Å². The highest BCUT2D eigenvalue weighted by atomic mass is 16.6. The zero-order valence-corrected chi connectivity index (χ0v) is 14.7. The number of nitro groups is 1. The van der Waals surface area contributed by atoms with Gasteiger partial charge in [0.2, 0.25) is 0 Å². The summed E-state index contributed by atoms with van der Waals surface area (Å²) in [6, 6.07) is 13.5. The molecule has 1 saturated heterocycles. The van der Waals surface area contributed by atoms with Crippen LogP contribution >= 0.6 is 0 Å². The van der Waals surface area contributed by atoms with Crippen molar-refractivity contribution >= 4 is 23.2 Å². The number of nitrogens with zero attached hydrogens (tertiary/aromatic N) is 3. The van der Waals surface area contributed by atoms with E-state index in [-0.39, 0.29) is 23.4 Å². The van der Waals surface area contributed by atoms with E-state index in [4.69, 9.17) is 0 Å². The fourth-order valence-corrected chi connectivity index (χ4v) is 3.82. The molecule has 0 saturated carbocycles. The van der Waals surface area contributed by atoms with Crippen molar-refractivity contribution in [1.82, 2.24) is 4.90 Å². The molecule has 2 aliphatic rings. The van der Waals surface area contributed by atoms with Gasteiger partial charge in [-0.05, 0) is 43.0 Å². The predicted molar refractivity (Wildman–Crippen MR) is 99.8 cm³/mol. The molecule has 138 valence electrons. The van der Waals surface area contributed by atoms with Crippen molar-refractivity contribution in [2.45, 2.75) is 12.8 Å². The number of non-ortho nitro benzene ring substituents is 1. The highest BCUT2D eigenvalue weighted by molar-refractivity contribution is 6.21. The number of hydrogen-bond donors (Lipinski definition) is 0. The van der Waals surface area contributed by atoms with E-state index in [9.17, 15) is 19.7 Å². The lowest BCUT2D eigenvalue weighted by molar-refractivity contribution is -0.384. The molecule has 27 heavy (non-hydrogen) atoms. The fraction of sp³-hybridized carbons (Fsp3) is 0.300. The van der Waals surface area contributed by atoms with Crippen LogP contribution in [0.2, 0.25) is 0 Å². The van der Waals surface area contributed by atoms with Crippen LogP contribution in [-0.4, -0.2) is 41.3 Å². The largest absolute Gasteiger partial charge is 0.372 e. The van der Waals surface area contributed by atoms with Crippen LogP contribution in [0.15, 0.2) is 48.5 Å². The van der Waals surface area contributed by atoms with Crippen LogP contribution in [0.4, 0.5) is 11.4 Å². The maximum Gasteiger partial charge on any atom is 0.269 e. The quantitative estimate of drug-likeness (QED) is 0.472. The summed E-state index contributed by atoms with van der Waals surface area (Å²) in [5, 5.41) is 10.8. The lowest BCUT2D eigenvalue weighted by Crippen LogP contribution is -2.40. The second kappa shape index (κ2) is 6.83. The monoisotopic (exact) mass is 365 g/mol. The van der Waals surface area contributed by atoms with Gasteiger partial charge >= 0.3 is 0 Å². The molecule has 7 nitrogen and oxygen atoms in total. The Morgan fingerprint density at radius 2 is 1.48 bits per heavy atom. The topological polar surface area (TPSA) is 83.8 Å². The van der Waals surface area contributed by atoms with Gasteiger partial charge in [0.15, 0.2) is 0 Å². The predicted octanol–water partition coefficient (Wildman–Crippen LogP) is 3.11. The molecule has 0 spiro atoms. The standard InChI is InChI=1S/C20H19N3O4/c24-19-17-3-1-2-4-18(17)20(25)22(19)13-14-9-11-21(12-10-14)15-5-7-16(8-6-15)23(26)27/h1-8,14H,9-13H2. The molecule has 2 aromatic rings. The molecular formula is C20H19N3O4.